The van der Waals surface area contributed by atoms with Crippen molar-refractivity contribution in [1.82, 2.24) is 10.3 Å². The molecule has 4 N–H and O–H groups in total. The van der Waals surface area contributed by atoms with Gasteiger partial charge in [-0.2, -0.15) is 0 Å². The highest BCUT2D eigenvalue weighted by Crippen LogP contribution is 2.18. The Balaban J connectivity index is 2.63. The predicted molar refractivity (Wildman–Crippen MR) is 93.2 cm³/mol. The van der Waals surface area contributed by atoms with Crippen molar-refractivity contribution < 1.29 is 24.2 Å². The van der Waals surface area contributed by atoms with E-state index in [0.717, 1.165) is 0 Å². The lowest BCUT2D eigenvalue weighted by Crippen LogP contribution is -2.35. The molecule has 9 nitrogen and oxygen atoms in total. The van der Waals surface area contributed by atoms with Gasteiger partial charge in [-0.25, -0.2) is 14.6 Å². The molecule has 1 aromatic heterocycles. The number of carbonyl (C=O) groups excluding carboxylic acids is 2. The minimum absolute atomic E-state index is 0.0237. The van der Waals surface area contributed by atoms with Crippen LogP contribution in [0.4, 0.5) is 21.2 Å². The van der Waals surface area contributed by atoms with Gasteiger partial charge in [0.25, 0.3) is 0 Å². The Labute approximate surface area is 146 Å². The number of ketones is 1. The largest absolute Gasteiger partial charge is 0.465 e. The van der Waals surface area contributed by atoms with E-state index in [1.807, 2.05) is 0 Å². The SMILES string of the molecule is CCC(=O)c1ccc(NCCNC(=O)OC(C)(C)C)nc1NC(=O)O. The number of pyridine rings is 1. The number of amides is 2. The van der Waals surface area contributed by atoms with Gasteiger partial charge in [-0.1, -0.05) is 6.92 Å². The van der Waals surface area contributed by atoms with Crippen molar-refractivity contribution >= 4 is 29.6 Å². The van der Waals surface area contributed by atoms with E-state index in [9.17, 15) is 14.4 Å². The maximum atomic E-state index is 11.8. The first-order valence-electron chi connectivity index (χ1n) is 7.87. The van der Waals surface area contributed by atoms with Gasteiger partial charge in [0.15, 0.2) is 5.78 Å². The fourth-order valence-electron chi connectivity index (χ4n) is 1.84. The summed E-state index contributed by atoms with van der Waals surface area (Å²) < 4.78 is 5.10. The second kappa shape index (κ2) is 8.86. The van der Waals surface area contributed by atoms with Gasteiger partial charge in [-0.3, -0.25) is 10.1 Å². The lowest BCUT2D eigenvalue weighted by Gasteiger charge is -2.19. The Hall–Kier alpha value is -2.84. The van der Waals surface area contributed by atoms with E-state index in [0.29, 0.717) is 12.4 Å². The molecule has 0 aliphatic rings. The molecule has 1 rings (SSSR count). The first-order valence-corrected chi connectivity index (χ1v) is 7.87. The second-order valence-electron chi connectivity index (χ2n) is 6.15. The van der Waals surface area contributed by atoms with E-state index < -0.39 is 17.8 Å². The zero-order valence-corrected chi connectivity index (χ0v) is 14.8. The first kappa shape index (κ1) is 20.2. The Bertz CT molecular complexity index is 640. The molecule has 0 aliphatic heterocycles. The second-order valence-corrected chi connectivity index (χ2v) is 6.15. The molecule has 0 unspecified atom stereocenters. The minimum Gasteiger partial charge on any atom is -0.465 e. The Morgan fingerprint density at radius 2 is 1.88 bits per heavy atom. The summed E-state index contributed by atoms with van der Waals surface area (Å²) in [4.78, 5) is 38.3. The van der Waals surface area contributed by atoms with Crippen LogP contribution < -0.4 is 16.0 Å². The van der Waals surface area contributed by atoms with Gasteiger partial charge >= 0.3 is 12.2 Å². The lowest BCUT2D eigenvalue weighted by molar-refractivity contribution is 0.0529. The quantitative estimate of drug-likeness (QED) is 0.438. The number of Topliss-reactive ketones (excluding diaryl/α,β-unsaturated/α-hetero) is 1. The number of carboxylic acid groups (broad SMARTS) is 1. The van der Waals surface area contributed by atoms with Crippen LogP contribution in [0.1, 0.15) is 44.5 Å². The number of rotatable bonds is 7. The molecule has 0 saturated heterocycles. The van der Waals surface area contributed by atoms with Crippen LogP contribution in [0.3, 0.4) is 0 Å². The standard InChI is InChI=1S/C16H24N4O5/c1-5-11(21)10-6-7-12(19-13(10)20-14(22)23)17-8-9-18-15(24)25-16(2,3)4/h6-7H,5,8-9H2,1-4H3,(H,18,24)(H,22,23)(H2,17,19,20). The molecule has 0 spiro atoms. The number of hydrogen-bond donors (Lipinski definition) is 4. The molecule has 25 heavy (non-hydrogen) atoms. The fourth-order valence-corrected chi connectivity index (χ4v) is 1.84. The van der Waals surface area contributed by atoms with Crippen molar-refractivity contribution in [3.05, 3.63) is 17.7 Å². The molecule has 1 aromatic rings. The molecule has 0 fully saturated rings. The molecule has 1 heterocycles. The maximum absolute atomic E-state index is 11.8. The normalized spacial score (nSPS) is 10.7. The van der Waals surface area contributed by atoms with Gasteiger partial charge in [-0.15, -0.1) is 0 Å². The first-order chi connectivity index (χ1) is 11.6. The van der Waals surface area contributed by atoms with Gasteiger partial charge in [0.2, 0.25) is 0 Å². The fraction of sp³-hybridized carbons (Fsp3) is 0.500. The summed E-state index contributed by atoms with van der Waals surface area (Å²) in [5, 5.41) is 16.5. The number of ether oxygens (including phenoxy) is 1. The van der Waals surface area contributed by atoms with Crippen LogP contribution >= 0.6 is 0 Å². The third kappa shape index (κ3) is 7.51. The van der Waals surface area contributed by atoms with Crippen LogP contribution in [-0.2, 0) is 4.74 Å². The molecule has 0 atom stereocenters. The highest BCUT2D eigenvalue weighted by Gasteiger charge is 2.16. The van der Waals surface area contributed by atoms with Crippen LogP contribution in [0.15, 0.2) is 12.1 Å². The van der Waals surface area contributed by atoms with E-state index in [1.165, 1.54) is 6.07 Å². The number of nitrogens with one attached hydrogen (secondary N) is 3. The van der Waals surface area contributed by atoms with Crippen LogP contribution in [0.25, 0.3) is 0 Å². The smallest absolute Gasteiger partial charge is 0.410 e. The third-order valence-corrected chi connectivity index (χ3v) is 2.84. The lowest BCUT2D eigenvalue weighted by atomic mass is 10.1. The monoisotopic (exact) mass is 352 g/mol. The summed E-state index contributed by atoms with van der Waals surface area (Å²) in [6.07, 6.45) is -1.59. The zero-order valence-electron chi connectivity index (χ0n) is 14.8. The van der Waals surface area contributed by atoms with E-state index in [4.69, 9.17) is 9.84 Å². The summed E-state index contributed by atoms with van der Waals surface area (Å²) in [5.41, 5.74) is -0.361. The summed E-state index contributed by atoms with van der Waals surface area (Å²) >= 11 is 0. The Kier molecular flexibility index (Phi) is 7.16. The van der Waals surface area contributed by atoms with Crippen LogP contribution in [0.5, 0.6) is 0 Å². The van der Waals surface area contributed by atoms with Crippen LogP contribution in [-0.4, -0.2) is 46.8 Å². The van der Waals surface area contributed by atoms with Crippen molar-refractivity contribution in [2.24, 2.45) is 0 Å². The van der Waals surface area contributed by atoms with Crippen molar-refractivity contribution in [3.63, 3.8) is 0 Å². The number of nitrogens with zero attached hydrogens (tertiary/aromatic N) is 1. The van der Waals surface area contributed by atoms with Crippen molar-refractivity contribution in [2.75, 3.05) is 23.7 Å². The van der Waals surface area contributed by atoms with Gasteiger partial charge in [-0.05, 0) is 32.9 Å². The number of aromatic nitrogens is 1. The highest BCUT2D eigenvalue weighted by molar-refractivity contribution is 6.02. The van der Waals surface area contributed by atoms with Gasteiger partial charge in [0.1, 0.15) is 17.2 Å². The van der Waals surface area contributed by atoms with E-state index >= 15 is 0 Å². The average Bonchev–Trinajstić information content (AvgIpc) is 2.48. The van der Waals surface area contributed by atoms with E-state index in [-0.39, 0.29) is 30.1 Å². The van der Waals surface area contributed by atoms with Crippen molar-refractivity contribution in [2.45, 2.75) is 39.7 Å². The van der Waals surface area contributed by atoms with Crippen LogP contribution in [0, 0.1) is 0 Å². The molecule has 138 valence electrons. The minimum atomic E-state index is -1.30. The van der Waals surface area contributed by atoms with Gasteiger partial charge in [0, 0.05) is 19.5 Å². The van der Waals surface area contributed by atoms with Gasteiger partial charge in [0.05, 0.1) is 5.56 Å². The predicted octanol–water partition coefficient (Wildman–Crippen LogP) is 2.70. The third-order valence-electron chi connectivity index (χ3n) is 2.84. The summed E-state index contributed by atoms with van der Waals surface area (Å²) in [6, 6.07) is 3.08. The van der Waals surface area contributed by atoms with Crippen molar-refractivity contribution in [1.29, 1.82) is 0 Å². The van der Waals surface area contributed by atoms with Crippen molar-refractivity contribution in [3.8, 4) is 0 Å². The van der Waals surface area contributed by atoms with Crippen LogP contribution in [0.2, 0.25) is 0 Å². The highest BCUT2D eigenvalue weighted by atomic mass is 16.6. The maximum Gasteiger partial charge on any atom is 0.410 e. The molecule has 0 aliphatic carbocycles. The van der Waals surface area contributed by atoms with Gasteiger partial charge < -0.3 is 20.5 Å². The summed E-state index contributed by atoms with van der Waals surface area (Å²) in [6.45, 7) is 7.62. The Morgan fingerprint density at radius 1 is 1.20 bits per heavy atom. The molecule has 0 radical (unpaired) electrons. The molecule has 2 amide bonds. The zero-order chi connectivity index (χ0) is 19.0. The molecule has 0 aromatic carbocycles. The number of carbonyl (C=O) groups is 3. The Morgan fingerprint density at radius 3 is 2.44 bits per heavy atom. The summed E-state index contributed by atoms with van der Waals surface area (Å²) in [5.74, 6) is 0.140. The molecular formula is C16H24N4O5. The number of alkyl carbamates (subject to hydrolysis) is 1. The summed E-state index contributed by atoms with van der Waals surface area (Å²) in [7, 11) is 0. The molecule has 9 heteroatoms. The number of hydrogen-bond acceptors (Lipinski definition) is 6. The average molecular weight is 352 g/mol. The van der Waals surface area contributed by atoms with E-state index in [2.05, 4.69) is 20.9 Å². The topological polar surface area (TPSA) is 130 Å². The number of anilines is 2. The van der Waals surface area contributed by atoms with E-state index in [1.54, 1.807) is 33.8 Å². The molecule has 0 bridgehead atoms. The molecule has 0 saturated carbocycles. The molecular weight excluding hydrogens is 328 g/mol.